The minimum atomic E-state index is -5.14. The normalized spacial score (nSPS) is 18.0. The highest BCUT2D eigenvalue weighted by molar-refractivity contribution is 5.91. The monoisotopic (exact) mass is 1060 g/mol. The summed E-state index contributed by atoms with van der Waals surface area (Å²) in [5.41, 5.74) is 1.64. The Kier molecular flexibility index (Phi) is 24.4. The maximum absolute atomic E-state index is 14.2. The van der Waals surface area contributed by atoms with Gasteiger partial charge in [0.15, 0.2) is 0 Å². The largest absolute Gasteiger partial charge is 0.471 e. The van der Waals surface area contributed by atoms with E-state index in [1.165, 1.54) is 23.6 Å². The number of amides is 6. The second kappa shape index (κ2) is 29.8. The Bertz CT molecular complexity index is 2320. The number of benzene rings is 2. The number of carbonyl (C=O) groups excluding carboxylic acids is 6. The number of aryl methyl sites for hydroxylation is 1. The number of halogens is 6. The predicted octanol–water partition coefficient (Wildman–Crippen LogP) is 3.63. The van der Waals surface area contributed by atoms with Crippen molar-refractivity contribution in [3.63, 3.8) is 0 Å². The summed E-state index contributed by atoms with van der Waals surface area (Å²) < 4.78 is 94.6. The van der Waals surface area contributed by atoms with Crippen molar-refractivity contribution in [1.82, 2.24) is 40.9 Å². The molecule has 412 valence electrons. The van der Waals surface area contributed by atoms with E-state index in [4.69, 9.17) is 9.47 Å². The number of nitrogens with zero attached hydrogens (tertiary/aromatic N) is 4. The van der Waals surface area contributed by atoms with Gasteiger partial charge in [0.1, 0.15) is 25.3 Å². The maximum atomic E-state index is 14.2. The average Bonchev–Trinajstić information content (AvgIpc) is 4.07. The molecule has 0 spiro atoms. The second-order valence-electron chi connectivity index (χ2n) is 18.6. The molecule has 2 saturated heterocycles. The van der Waals surface area contributed by atoms with Crippen LogP contribution in [0, 0.1) is 23.7 Å². The molecule has 4 N–H and O–H groups in total. The quantitative estimate of drug-likeness (QED) is 0.0848. The Balaban J connectivity index is 1.41. The lowest BCUT2D eigenvalue weighted by Gasteiger charge is -2.35. The number of likely N-dealkylation sites (tertiary alicyclic amines) is 2. The second-order valence-corrected chi connectivity index (χ2v) is 18.6. The van der Waals surface area contributed by atoms with Gasteiger partial charge in [-0.25, -0.2) is 0 Å². The molecule has 0 bridgehead atoms. The van der Waals surface area contributed by atoms with Gasteiger partial charge >= 0.3 is 24.2 Å². The van der Waals surface area contributed by atoms with Crippen LogP contribution in [0.3, 0.4) is 0 Å². The van der Waals surface area contributed by atoms with Crippen molar-refractivity contribution in [2.45, 2.75) is 133 Å². The van der Waals surface area contributed by atoms with Gasteiger partial charge in [-0.15, -0.1) is 0 Å². The Morgan fingerprint density at radius 3 is 1.39 bits per heavy atom. The Morgan fingerprint density at radius 2 is 1.00 bits per heavy atom. The predicted molar refractivity (Wildman–Crippen MR) is 267 cm³/mol. The molecule has 0 aliphatic carbocycles. The van der Waals surface area contributed by atoms with E-state index in [1.807, 2.05) is 30.3 Å². The first-order valence-electron chi connectivity index (χ1n) is 25.1. The molecule has 0 saturated carbocycles. The molecule has 22 heteroatoms. The summed E-state index contributed by atoms with van der Waals surface area (Å²) in [5, 5.41) is 11.0. The molecule has 2 aromatic carbocycles. The van der Waals surface area contributed by atoms with Crippen molar-refractivity contribution in [2.75, 3.05) is 66.6 Å². The highest BCUT2D eigenvalue weighted by Gasteiger charge is 2.46. The molecule has 8 atom stereocenters. The van der Waals surface area contributed by atoms with Gasteiger partial charge in [0.05, 0.1) is 24.3 Å². The fourth-order valence-corrected chi connectivity index (χ4v) is 8.71. The van der Waals surface area contributed by atoms with Crippen LogP contribution in [0.25, 0.3) is 0 Å². The summed E-state index contributed by atoms with van der Waals surface area (Å²) in [5.74, 6) is 4.29. The van der Waals surface area contributed by atoms with Crippen molar-refractivity contribution < 1.29 is 64.6 Å². The Labute approximate surface area is 435 Å². The number of hydrogen-bond donors (Lipinski definition) is 4. The van der Waals surface area contributed by atoms with Crippen LogP contribution in [0.2, 0.25) is 0 Å². The third-order valence-corrected chi connectivity index (χ3v) is 13.3. The van der Waals surface area contributed by atoms with E-state index in [2.05, 4.69) is 44.9 Å². The number of nitrogens with one attached hydrogen (secondary N) is 4. The van der Waals surface area contributed by atoms with Crippen molar-refractivity contribution in [3.8, 4) is 23.7 Å². The smallest absolute Gasteiger partial charge is 0.363 e. The first kappa shape index (κ1) is 61.3. The Morgan fingerprint density at radius 1 is 0.613 bits per heavy atom. The molecule has 4 rings (SSSR count). The molecule has 16 nitrogen and oxygen atoms in total. The van der Waals surface area contributed by atoms with Crippen LogP contribution < -0.4 is 21.3 Å². The molecular weight excluding hydrogens is 991 g/mol. The van der Waals surface area contributed by atoms with Crippen LogP contribution in [0.4, 0.5) is 26.3 Å². The zero-order valence-electron chi connectivity index (χ0n) is 43.3. The number of alkyl halides is 6. The van der Waals surface area contributed by atoms with Crippen molar-refractivity contribution in [3.05, 3.63) is 71.8 Å². The van der Waals surface area contributed by atoms with Gasteiger partial charge in [-0.05, 0) is 110 Å². The van der Waals surface area contributed by atoms with E-state index < -0.39 is 96.3 Å². The van der Waals surface area contributed by atoms with Crippen molar-refractivity contribution in [1.29, 1.82) is 0 Å². The van der Waals surface area contributed by atoms with Gasteiger partial charge in [0.2, 0.25) is 23.6 Å². The van der Waals surface area contributed by atoms with Gasteiger partial charge in [-0.2, -0.15) is 26.3 Å². The van der Waals surface area contributed by atoms with Crippen molar-refractivity contribution in [2.24, 2.45) is 0 Å². The van der Waals surface area contributed by atoms with Gasteiger partial charge in [0.25, 0.3) is 0 Å². The van der Waals surface area contributed by atoms with Crippen LogP contribution in [0.15, 0.2) is 60.7 Å². The lowest BCUT2D eigenvalue weighted by atomic mass is 10.1. The summed E-state index contributed by atoms with van der Waals surface area (Å²) in [6.45, 7) is 4.86. The zero-order chi connectivity index (χ0) is 55.3. The molecule has 0 radical (unpaired) electrons. The molecule has 5 unspecified atom stereocenters. The van der Waals surface area contributed by atoms with Gasteiger partial charge in [-0.1, -0.05) is 72.5 Å². The van der Waals surface area contributed by atoms with Crippen LogP contribution in [0.5, 0.6) is 0 Å². The molecule has 2 aromatic rings. The molecular formula is C53H70F6N8O8. The lowest BCUT2D eigenvalue weighted by molar-refractivity contribution is -0.186. The van der Waals surface area contributed by atoms with E-state index >= 15 is 0 Å². The van der Waals surface area contributed by atoms with E-state index in [1.54, 1.807) is 58.3 Å². The highest BCUT2D eigenvalue weighted by atomic mass is 19.4. The van der Waals surface area contributed by atoms with Gasteiger partial charge in [0, 0.05) is 51.4 Å². The molecule has 6 amide bonds. The summed E-state index contributed by atoms with van der Waals surface area (Å²) in [7, 11) is 3.10. The first-order valence-corrected chi connectivity index (χ1v) is 25.1. The molecule has 2 fully saturated rings. The van der Waals surface area contributed by atoms with Crippen LogP contribution >= 0.6 is 0 Å². The van der Waals surface area contributed by atoms with E-state index in [9.17, 15) is 55.1 Å². The van der Waals surface area contributed by atoms with Crippen LogP contribution in [0.1, 0.15) is 70.9 Å². The van der Waals surface area contributed by atoms with Gasteiger partial charge in [-0.3, -0.25) is 28.8 Å². The zero-order valence-corrected chi connectivity index (χ0v) is 43.3. The van der Waals surface area contributed by atoms with E-state index in [0.29, 0.717) is 32.1 Å². The van der Waals surface area contributed by atoms with Crippen LogP contribution in [-0.2, 0) is 51.1 Å². The number of likely N-dealkylation sites (N-methyl/N-ethyl adjacent to an activating group) is 2. The number of hydrogen-bond acceptors (Lipinski definition) is 10. The van der Waals surface area contributed by atoms with Crippen LogP contribution in [-0.4, -0.2) is 182 Å². The van der Waals surface area contributed by atoms with E-state index in [-0.39, 0.29) is 65.3 Å². The lowest BCUT2D eigenvalue weighted by Crippen LogP contribution is -2.59. The SMILES string of the molecule is CN[C@@H](C)C(=O)NC(C(=O)N1CCCC1CN(CCc1ccccc1)C(=O)C(F)(F)F)C(C)OCC#CC#CCOC(C)C(NC(=O)[C@H](C)NC)C(=O)N1CCC[C@H]1CN(CCCc1ccccc1)C(=O)C(F)(F)F. The molecule has 2 aliphatic rings. The first-order chi connectivity index (χ1) is 35.6. The third kappa shape index (κ3) is 19.2. The Hall–Kier alpha value is -6.20. The number of rotatable bonds is 25. The minimum absolute atomic E-state index is 0.159. The molecule has 0 aromatic heterocycles. The average molecular weight is 1060 g/mol. The minimum Gasteiger partial charge on any atom is -0.363 e. The van der Waals surface area contributed by atoms with Gasteiger partial charge < -0.3 is 50.3 Å². The van der Waals surface area contributed by atoms with Crippen molar-refractivity contribution >= 4 is 35.4 Å². The standard InChI is InChI=1S/C53H70F6N8O8/c1-36(60-5)46(68)62-44(48(70)66-29-18-25-42(66)34-64(50(72)52(54,55)56)28-17-24-40-20-11-9-12-21-40)38(3)74-32-15-7-8-16-33-75-39(4)45(63-47(69)37(2)61-6)49(71)67-30-19-26-43(67)35-65(51(73)53(57,58)59)31-27-41-22-13-10-14-23-41/h9-14,20-23,36-39,42-45,60-61H,17-19,24-35H2,1-6H3,(H,62,68)(H,63,69)/t36-,37-,38?,39?,42-,43?,44?,45?/m0/s1. The number of ether oxygens (including phenoxy) is 2. The molecule has 75 heavy (non-hydrogen) atoms. The topological polar surface area (TPSA) is 182 Å². The summed E-state index contributed by atoms with van der Waals surface area (Å²) >= 11 is 0. The number of carbonyl (C=O) groups is 6. The molecule has 2 heterocycles. The van der Waals surface area contributed by atoms with E-state index in [0.717, 1.165) is 20.9 Å². The fourth-order valence-electron chi connectivity index (χ4n) is 8.71. The fraction of sp³-hybridized carbons (Fsp3) is 0.585. The third-order valence-electron chi connectivity index (χ3n) is 13.3. The summed E-state index contributed by atoms with van der Waals surface area (Å²) in [6, 6.07) is 12.3. The highest BCUT2D eigenvalue weighted by Crippen LogP contribution is 2.27. The maximum Gasteiger partial charge on any atom is 0.471 e. The summed E-state index contributed by atoms with van der Waals surface area (Å²) in [4.78, 5) is 84.1. The summed E-state index contributed by atoms with van der Waals surface area (Å²) in [6.07, 6.45) is -9.85. The molecule has 2 aliphatic heterocycles.